The van der Waals surface area contributed by atoms with Gasteiger partial charge in [0, 0.05) is 32.4 Å². The molecule has 1 aliphatic rings. The van der Waals surface area contributed by atoms with Gasteiger partial charge in [-0.2, -0.15) is 0 Å². The van der Waals surface area contributed by atoms with Crippen molar-refractivity contribution in [2.75, 3.05) is 19.0 Å². The summed E-state index contributed by atoms with van der Waals surface area (Å²) in [4.78, 5) is 2.14. The molecule has 1 aromatic carbocycles. The lowest BCUT2D eigenvalue weighted by atomic mass is 9.95. The molecule has 1 fully saturated rings. The number of hydrogen-bond donors (Lipinski definition) is 1. The number of halogens is 1. The topological polar surface area (TPSA) is 15.3 Å². The van der Waals surface area contributed by atoms with E-state index in [0.29, 0.717) is 0 Å². The van der Waals surface area contributed by atoms with Gasteiger partial charge in [0.05, 0.1) is 0 Å². The van der Waals surface area contributed by atoms with E-state index in [-0.39, 0.29) is 12.4 Å². The Morgan fingerprint density at radius 3 is 2.22 bits per heavy atom. The van der Waals surface area contributed by atoms with E-state index in [0.717, 1.165) is 12.6 Å². The molecule has 2 nitrogen and oxygen atoms in total. The third-order valence-corrected chi connectivity index (χ3v) is 3.65. The van der Waals surface area contributed by atoms with E-state index < -0.39 is 0 Å². The van der Waals surface area contributed by atoms with Gasteiger partial charge in [-0.3, -0.25) is 0 Å². The Labute approximate surface area is 117 Å². The predicted molar refractivity (Wildman–Crippen MR) is 81.7 cm³/mol. The Morgan fingerprint density at radius 1 is 1.06 bits per heavy atom. The van der Waals surface area contributed by atoms with Gasteiger partial charge in [0.15, 0.2) is 0 Å². The third kappa shape index (κ3) is 4.51. The molecule has 0 spiro atoms. The highest BCUT2D eigenvalue weighted by atomic mass is 35.5. The standard InChI is InChI=1S/C15H24N2.ClH/c1-17(2)15-10-8-13(9-11-15)12-16-14-6-4-3-5-7-14;/h8-11,14,16H,3-7,12H2,1-2H3;1H. The summed E-state index contributed by atoms with van der Waals surface area (Å²) in [7, 11) is 4.16. The van der Waals surface area contributed by atoms with Gasteiger partial charge in [-0.15, -0.1) is 12.4 Å². The van der Waals surface area contributed by atoms with Crippen molar-refractivity contribution in [3.63, 3.8) is 0 Å². The molecule has 0 atom stereocenters. The lowest BCUT2D eigenvalue weighted by molar-refractivity contribution is 0.372. The minimum absolute atomic E-state index is 0. The van der Waals surface area contributed by atoms with Gasteiger partial charge < -0.3 is 10.2 Å². The van der Waals surface area contributed by atoms with Crippen LogP contribution in [-0.2, 0) is 6.54 Å². The normalized spacial score (nSPS) is 16.1. The summed E-state index contributed by atoms with van der Waals surface area (Å²) in [6.45, 7) is 1.01. The van der Waals surface area contributed by atoms with Gasteiger partial charge in [0.2, 0.25) is 0 Å². The van der Waals surface area contributed by atoms with Crippen molar-refractivity contribution in [3.8, 4) is 0 Å². The van der Waals surface area contributed by atoms with E-state index >= 15 is 0 Å². The second-order valence-electron chi connectivity index (χ2n) is 5.28. The molecule has 102 valence electrons. The van der Waals surface area contributed by atoms with Crippen molar-refractivity contribution in [3.05, 3.63) is 29.8 Å². The first-order valence-electron chi connectivity index (χ1n) is 6.75. The Kier molecular flexibility index (Phi) is 6.51. The van der Waals surface area contributed by atoms with Crippen molar-refractivity contribution in [1.82, 2.24) is 5.32 Å². The van der Waals surface area contributed by atoms with Crippen molar-refractivity contribution >= 4 is 18.1 Å². The average Bonchev–Trinajstić information content (AvgIpc) is 2.38. The van der Waals surface area contributed by atoms with E-state index in [1.165, 1.54) is 43.4 Å². The van der Waals surface area contributed by atoms with E-state index in [4.69, 9.17) is 0 Å². The molecule has 0 bridgehead atoms. The van der Waals surface area contributed by atoms with Crippen LogP contribution in [-0.4, -0.2) is 20.1 Å². The number of nitrogens with one attached hydrogen (secondary N) is 1. The predicted octanol–water partition coefficient (Wildman–Crippen LogP) is 3.60. The van der Waals surface area contributed by atoms with Crippen LogP contribution in [0.3, 0.4) is 0 Å². The van der Waals surface area contributed by atoms with Crippen LogP contribution in [0.2, 0.25) is 0 Å². The van der Waals surface area contributed by atoms with Crippen LogP contribution in [0.1, 0.15) is 37.7 Å². The van der Waals surface area contributed by atoms with Gasteiger partial charge in [-0.25, -0.2) is 0 Å². The van der Waals surface area contributed by atoms with Crippen molar-refractivity contribution < 1.29 is 0 Å². The van der Waals surface area contributed by atoms with Crippen molar-refractivity contribution in [2.45, 2.75) is 44.7 Å². The van der Waals surface area contributed by atoms with Crippen LogP contribution in [0.25, 0.3) is 0 Å². The molecule has 18 heavy (non-hydrogen) atoms. The summed E-state index contributed by atoms with van der Waals surface area (Å²) < 4.78 is 0. The zero-order valence-electron chi connectivity index (χ0n) is 11.5. The van der Waals surface area contributed by atoms with Gasteiger partial charge in [0.25, 0.3) is 0 Å². The summed E-state index contributed by atoms with van der Waals surface area (Å²) >= 11 is 0. The van der Waals surface area contributed by atoms with Crippen molar-refractivity contribution in [1.29, 1.82) is 0 Å². The molecule has 1 saturated carbocycles. The summed E-state index contributed by atoms with van der Waals surface area (Å²) in [5, 5.41) is 3.67. The van der Waals surface area contributed by atoms with E-state index in [1.54, 1.807) is 0 Å². The largest absolute Gasteiger partial charge is 0.378 e. The zero-order chi connectivity index (χ0) is 12.1. The highest BCUT2D eigenvalue weighted by Gasteiger charge is 2.12. The minimum atomic E-state index is 0. The minimum Gasteiger partial charge on any atom is -0.378 e. The second-order valence-corrected chi connectivity index (χ2v) is 5.28. The molecule has 0 amide bonds. The van der Waals surface area contributed by atoms with E-state index in [2.05, 4.69) is 48.6 Å². The monoisotopic (exact) mass is 268 g/mol. The fourth-order valence-corrected chi connectivity index (χ4v) is 2.48. The maximum absolute atomic E-state index is 3.67. The van der Waals surface area contributed by atoms with Crippen LogP contribution in [0.5, 0.6) is 0 Å². The van der Waals surface area contributed by atoms with Crippen LogP contribution < -0.4 is 10.2 Å². The average molecular weight is 269 g/mol. The number of rotatable bonds is 4. The van der Waals surface area contributed by atoms with Crippen molar-refractivity contribution in [2.24, 2.45) is 0 Å². The first-order valence-corrected chi connectivity index (χ1v) is 6.75. The van der Waals surface area contributed by atoms with Crippen LogP contribution >= 0.6 is 12.4 Å². The molecule has 1 aliphatic carbocycles. The Balaban J connectivity index is 0.00000162. The molecule has 3 heteroatoms. The highest BCUT2D eigenvalue weighted by Crippen LogP contribution is 2.18. The molecule has 0 aliphatic heterocycles. The summed E-state index contributed by atoms with van der Waals surface area (Å²) in [6.07, 6.45) is 6.94. The lowest BCUT2D eigenvalue weighted by Gasteiger charge is -2.23. The molecule has 0 aromatic heterocycles. The van der Waals surface area contributed by atoms with Crippen LogP contribution in [0.4, 0.5) is 5.69 Å². The molecule has 0 heterocycles. The molecule has 0 radical (unpaired) electrons. The lowest BCUT2D eigenvalue weighted by Crippen LogP contribution is -2.30. The van der Waals surface area contributed by atoms with Crippen LogP contribution in [0.15, 0.2) is 24.3 Å². The van der Waals surface area contributed by atoms with Gasteiger partial charge in [-0.05, 0) is 30.5 Å². The summed E-state index contributed by atoms with van der Waals surface area (Å²) in [5.41, 5.74) is 2.66. The highest BCUT2D eigenvalue weighted by molar-refractivity contribution is 5.85. The second kappa shape index (κ2) is 7.65. The summed E-state index contributed by atoms with van der Waals surface area (Å²) in [6, 6.07) is 9.59. The fraction of sp³-hybridized carbons (Fsp3) is 0.600. The molecular formula is C15H25ClN2. The van der Waals surface area contributed by atoms with Gasteiger partial charge >= 0.3 is 0 Å². The zero-order valence-corrected chi connectivity index (χ0v) is 12.3. The number of benzene rings is 1. The molecule has 1 aromatic rings. The van der Waals surface area contributed by atoms with Gasteiger partial charge in [-0.1, -0.05) is 31.4 Å². The molecule has 2 rings (SSSR count). The Bertz CT molecular complexity index is 329. The molecule has 0 saturated heterocycles. The molecule has 1 N–H and O–H groups in total. The first-order chi connectivity index (χ1) is 8.25. The van der Waals surface area contributed by atoms with Gasteiger partial charge in [0.1, 0.15) is 0 Å². The third-order valence-electron chi connectivity index (χ3n) is 3.65. The van der Waals surface area contributed by atoms with E-state index in [1.807, 2.05) is 0 Å². The number of nitrogens with zero attached hydrogens (tertiary/aromatic N) is 1. The molecule has 0 unspecified atom stereocenters. The molecular weight excluding hydrogens is 244 g/mol. The quantitative estimate of drug-likeness (QED) is 0.898. The maximum Gasteiger partial charge on any atom is 0.0361 e. The summed E-state index contributed by atoms with van der Waals surface area (Å²) in [5.74, 6) is 0. The first kappa shape index (κ1) is 15.3. The Hall–Kier alpha value is -0.730. The number of anilines is 1. The maximum atomic E-state index is 3.67. The SMILES string of the molecule is CN(C)c1ccc(CNC2CCCCC2)cc1.Cl. The Morgan fingerprint density at radius 2 is 1.67 bits per heavy atom. The fourth-order valence-electron chi connectivity index (χ4n) is 2.48. The smallest absolute Gasteiger partial charge is 0.0361 e. The number of hydrogen-bond acceptors (Lipinski definition) is 2. The van der Waals surface area contributed by atoms with Crippen LogP contribution in [0, 0.1) is 0 Å². The van der Waals surface area contributed by atoms with E-state index in [9.17, 15) is 0 Å².